The molecule has 0 saturated heterocycles. The lowest BCUT2D eigenvalue weighted by molar-refractivity contribution is -0.117. The zero-order chi connectivity index (χ0) is 21.3. The quantitative estimate of drug-likeness (QED) is 0.553. The number of methoxy groups -OCH3 is 1. The largest absolute Gasteiger partial charge is 0.497 e. The van der Waals surface area contributed by atoms with Gasteiger partial charge in [0.1, 0.15) is 17.8 Å². The van der Waals surface area contributed by atoms with Crippen molar-refractivity contribution in [3.8, 4) is 11.4 Å². The zero-order valence-electron chi connectivity index (χ0n) is 16.9. The molecule has 0 aliphatic carbocycles. The Balaban J connectivity index is 1.68. The van der Waals surface area contributed by atoms with Crippen LogP contribution in [0.3, 0.4) is 0 Å². The number of anilines is 1. The van der Waals surface area contributed by atoms with Crippen LogP contribution in [0.25, 0.3) is 16.6 Å². The molecule has 0 aliphatic rings. The maximum absolute atomic E-state index is 13.2. The Bertz CT molecular complexity index is 1290. The number of ether oxygens (including phenoxy) is 1. The second-order valence-corrected chi connectivity index (χ2v) is 6.93. The average molecular weight is 403 g/mol. The Kier molecular flexibility index (Phi) is 5.05. The Hall–Kier alpha value is -3.94. The molecular weight excluding hydrogens is 382 g/mol. The van der Waals surface area contributed by atoms with Gasteiger partial charge in [-0.15, -0.1) is 0 Å². The first kappa shape index (κ1) is 19.4. The van der Waals surface area contributed by atoms with Crippen LogP contribution in [-0.4, -0.2) is 32.6 Å². The fourth-order valence-electron chi connectivity index (χ4n) is 3.32. The molecule has 4 rings (SSSR count). The molecule has 0 aliphatic heterocycles. The highest BCUT2D eigenvalue weighted by atomic mass is 16.5. The van der Waals surface area contributed by atoms with Crippen molar-refractivity contribution < 1.29 is 9.53 Å². The van der Waals surface area contributed by atoms with Crippen molar-refractivity contribution in [1.82, 2.24) is 19.6 Å². The number of rotatable bonds is 5. The van der Waals surface area contributed by atoms with E-state index in [1.54, 1.807) is 49.2 Å². The standard InChI is InChI=1S/C22H21N5O3/c1-14-6-4-5-7-19(14)27-21-18(12-23-27)15(2)25-26(22(21)29)13-20(28)24-16-8-10-17(30-3)11-9-16/h4-12H,13H2,1-3H3,(H,24,28). The van der Waals surface area contributed by atoms with Crippen molar-refractivity contribution in [2.75, 3.05) is 12.4 Å². The lowest BCUT2D eigenvalue weighted by Crippen LogP contribution is -2.31. The molecule has 0 radical (unpaired) electrons. The van der Waals surface area contributed by atoms with Crippen molar-refractivity contribution in [2.45, 2.75) is 20.4 Å². The molecule has 4 aromatic rings. The van der Waals surface area contributed by atoms with E-state index in [9.17, 15) is 9.59 Å². The van der Waals surface area contributed by atoms with Crippen LogP contribution >= 0.6 is 0 Å². The van der Waals surface area contributed by atoms with Gasteiger partial charge >= 0.3 is 0 Å². The Morgan fingerprint density at radius 1 is 1.10 bits per heavy atom. The smallest absolute Gasteiger partial charge is 0.293 e. The number of hydrogen-bond acceptors (Lipinski definition) is 5. The Morgan fingerprint density at radius 3 is 2.53 bits per heavy atom. The first-order valence-electron chi connectivity index (χ1n) is 9.43. The third kappa shape index (κ3) is 3.55. The molecule has 1 amide bonds. The lowest BCUT2D eigenvalue weighted by atomic mass is 10.2. The Morgan fingerprint density at radius 2 is 1.83 bits per heavy atom. The van der Waals surface area contributed by atoms with Crippen molar-refractivity contribution in [1.29, 1.82) is 0 Å². The third-order valence-corrected chi connectivity index (χ3v) is 4.88. The molecule has 2 heterocycles. The van der Waals surface area contributed by atoms with Gasteiger partial charge in [0.15, 0.2) is 0 Å². The van der Waals surface area contributed by atoms with Gasteiger partial charge < -0.3 is 10.1 Å². The summed E-state index contributed by atoms with van der Waals surface area (Å²) in [7, 11) is 1.58. The van der Waals surface area contributed by atoms with E-state index in [1.807, 2.05) is 31.2 Å². The first-order chi connectivity index (χ1) is 14.5. The van der Waals surface area contributed by atoms with Crippen LogP contribution < -0.4 is 15.6 Å². The van der Waals surface area contributed by atoms with E-state index in [0.29, 0.717) is 28.0 Å². The highest BCUT2D eigenvalue weighted by Crippen LogP contribution is 2.20. The topological polar surface area (TPSA) is 91.0 Å². The molecule has 0 unspecified atom stereocenters. The molecule has 0 atom stereocenters. The van der Waals surface area contributed by atoms with E-state index in [2.05, 4.69) is 15.5 Å². The number of fused-ring (bicyclic) bond motifs is 1. The SMILES string of the molecule is COc1ccc(NC(=O)Cn2nc(C)c3cnn(-c4ccccc4C)c3c2=O)cc1. The van der Waals surface area contributed by atoms with Crippen LogP contribution in [0.1, 0.15) is 11.3 Å². The molecular formula is C22H21N5O3. The summed E-state index contributed by atoms with van der Waals surface area (Å²) in [5.74, 6) is 0.340. The number of hydrogen-bond donors (Lipinski definition) is 1. The van der Waals surface area contributed by atoms with Gasteiger partial charge in [-0.1, -0.05) is 18.2 Å². The molecule has 0 saturated carbocycles. The summed E-state index contributed by atoms with van der Waals surface area (Å²) < 4.78 is 7.90. The van der Waals surface area contributed by atoms with Crippen molar-refractivity contribution in [2.24, 2.45) is 0 Å². The van der Waals surface area contributed by atoms with Gasteiger partial charge in [-0.3, -0.25) is 9.59 Å². The maximum Gasteiger partial charge on any atom is 0.293 e. The average Bonchev–Trinajstić information content (AvgIpc) is 3.18. The maximum atomic E-state index is 13.2. The summed E-state index contributed by atoms with van der Waals surface area (Å²) in [5.41, 5.74) is 3.05. The molecule has 2 aromatic carbocycles. The molecule has 8 heteroatoms. The number of carbonyl (C=O) groups is 1. The summed E-state index contributed by atoms with van der Waals surface area (Å²) in [5, 5.41) is 12.1. The van der Waals surface area contributed by atoms with E-state index in [-0.39, 0.29) is 18.0 Å². The minimum Gasteiger partial charge on any atom is -0.497 e. The number of nitrogens with one attached hydrogen (secondary N) is 1. The van der Waals surface area contributed by atoms with Crippen molar-refractivity contribution >= 4 is 22.5 Å². The predicted molar refractivity (Wildman–Crippen MR) is 114 cm³/mol. The van der Waals surface area contributed by atoms with Gasteiger partial charge in [-0.2, -0.15) is 10.2 Å². The van der Waals surface area contributed by atoms with E-state index < -0.39 is 0 Å². The lowest BCUT2D eigenvalue weighted by Gasteiger charge is -2.10. The minimum atomic E-state index is -0.374. The highest BCUT2D eigenvalue weighted by molar-refractivity contribution is 5.90. The van der Waals surface area contributed by atoms with Gasteiger partial charge in [-0.25, -0.2) is 9.36 Å². The molecule has 0 spiro atoms. The molecule has 8 nitrogen and oxygen atoms in total. The van der Waals surface area contributed by atoms with Gasteiger partial charge in [0, 0.05) is 11.1 Å². The third-order valence-electron chi connectivity index (χ3n) is 4.88. The molecule has 0 bridgehead atoms. The van der Waals surface area contributed by atoms with Crippen molar-refractivity contribution in [3.63, 3.8) is 0 Å². The van der Waals surface area contributed by atoms with Crippen LogP contribution in [0.5, 0.6) is 5.75 Å². The van der Waals surface area contributed by atoms with Gasteiger partial charge in [0.05, 0.1) is 24.7 Å². The monoisotopic (exact) mass is 403 g/mol. The summed E-state index contributed by atoms with van der Waals surface area (Å²) in [6, 6.07) is 14.6. The second kappa shape index (κ2) is 7.82. The number of aryl methyl sites for hydroxylation is 2. The molecule has 2 aromatic heterocycles. The minimum absolute atomic E-state index is 0.208. The van der Waals surface area contributed by atoms with Crippen LogP contribution in [-0.2, 0) is 11.3 Å². The van der Waals surface area contributed by atoms with Crippen LogP contribution in [0.15, 0.2) is 59.5 Å². The van der Waals surface area contributed by atoms with Crippen LogP contribution in [0, 0.1) is 13.8 Å². The predicted octanol–water partition coefficient (Wildman–Crippen LogP) is 2.85. The van der Waals surface area contributed by atoms with Crippen LogP contribution in [0.4, 0.5) is 5.69 Å². The first-order valence-corrected chi connectivity index (χ1v) is 9.43. The summed E-state index contributed by atoms with van der Waals surface area (Å²) in [6.45, 7) is 3.54. The summed E-state index contributed by atoms with van der Waals surface area (Å²) in [4.78, 5) is 25.7. The highest BCUT2D eigenvalue weighted by Gasteiger charge is 2.17. The fraction of sp³-hybridized carbons (Fsp3) is 0.182. The second-order valence-electron chi connectivity index (χ2n) is 6.93. The van der Waals surface area contributed by atoms with Crippen LogP contribution in [0.2, 0.25) is 0 Å². The number of aromatic nitrogens is 4. The fourth-order valence-corrected chi connectivity index (χ4v) is 3.32. The van der Waals surface area contributed by atoms with Gasteiger partial charge in [-0.05, 0) is 49.7 Å². The van der Waals surface area contributed by atoms with Gasteiger partial charge in [0.2, 0.25) is 5.91 Å². The number of para-hydroxylation sites is 1. The van der Waals surface area contributed by atoms with E-state index in [0.717, 1.165) is 11.3 Å². The zero-order valence-corrected chi connectivity index (χ0v) is 16.9. The summed E-state index contributed by atoms with van der Waals surface area (Å²) >= 11 is 0. The van der Waals surface area contributed by atoms with E-state index in [1.165, 1.54) is 4.68 Å². The number of amides is 1. The molecule has 1 N–H and O–H groups in total. The van der Waals surface area contributed by atoms with E-state index >= 15 is 0 Å². The molecule has 0 fully saturated rings. The number of nitrogens with zero attached hydrogens (tertiary/aromatic N) is 4. The molecule has 30 heavy (non-hydrogen) atoms. The van der Waals surface area contributed by atoms with Gasteiger partial charge in [0.25, 0.3) is 5.56 Å². The Labute approximate surface area is 172 Å². The number of benzene rings is 2. The summed E-state index contributed by atoms with van der Waals surface area (Å²) in [6.07, 6.45) is 1.63. The molecule has 152 valence electrons. The normalized spacial score (nSPS) is 10.9. The van der Waals surface area contributed by atoms with Crippen molar-refractivity contribution in [3.05, 3.63) is 76.3 Å². The number of carbonyl (C=O) groups excluding carboxylic acids is 1. The van der Waals surface area contributed by atoms with E-state index in [4.69, 9.17) is 4.74 Å².